The van der Waals surface area contributed by atoms with Crippen LogP contribution < -0.4 is 5.73 Å². The van der Waals surface area contributed by atoms with E-state index in [1.807, 2.05) is 0 Å². The molecule has 2 N–H and O–H groups in total. The summed E-state index contributed by atoms with van der Waals surface area (Å²) in [5.74, 6) is 1.15. The van der Waals surface area contributed by atoms with Gasteiger partial charge in [-0.2, -0.15) is 4.98 Å². The van der Waals surface area contributed by atoms with Crippen molar-refractivity contribution in [2.45, 2.75) is 37.6 Å². The van der Waals surface area contributed by atoms with Crippen molar-refractivity contribution in [1.29, 1.82) is 0 Å². The molecule has 1 aliphatic rings. The van der Waals surface area contributed by atoms with E-state index < -0.39 is 5.54 Å². The van der Waals surface area contributed by atoms with E-state index in [0.29, 0.717) is 18.1 Å². The number of nitrogens with two attached hydrogens (primary N) is 1. The summed E-state index contributed by atoms with van der Waals surface area (Å²) < 4.78 is 9.94. The van der Waals surface area contributed by atoms with Crippen LogP contribution in [-0.4, -0.2) is 15.3 Å². The van der Waals surface area contributed by atoms with E-state index in [2.05, 4.69) is 15.3 Å². The van der Waals surface area contributed by atoms with Gasteiger partial charge in [-0.25, -0.2) is 0 Å². The summed E-state index contributed by atoms with van der Waals surface area (Å²) in [4.78, 5) is 4.35. The Bertz CT molecular complexity index is 485. The van der Waals surface area contributed by atoms with Gasteiger partial charge in [0, 0.05) is 6.07 Å². The Balaban J connectivity index is 1.78. The van der Waals surface area contributed by atoms with Gasteiger partial charge in [0.2, 0.25) is 5.89 Å². The van der Waals surface area contributed by atoms with Gasteiger partial charge in [0.05, 0.1) is 17.7 Å². The molecule has 1 saturated carbocycles. The van der Waals surface area contributed by atoms with Gasteiger partial charge in [-0.1, -0.05) is 23.2 Å². The lowest BCUT2D eigenvalue weighted by molar-refractivity contribution is 0.349. The third kappa shape index (κ3) is 1.95. The molecule has 1 aliphatic carbocycles. The molecule has 6 nitrogen and oxygen atoms in total. The molecule has 17 heavy (non-hydrogen) atoms. The van der Waals surface area contributed by atoms with Crippen LogP contribution in [-0.2, 0) is 12.0 Å². The molecule has 0 aliphatic heterocycles. The third-order valence-electron chi connectivity index (χ3n) is 3.23. The summed E-state index contributed by atoms with van der Waals surface area (Å²) in [6.07, 6.45) is 6.12. The Morgan fingerprint density at radius 3 is 2.82 bits per heavy atom. The number of nitrogens with zero attached hydrogens (tertiary/aromatic N) is 3. The van der Waals surface area contributed by atoms with Crippen LogP contribution in [0.5, 0.6) is 0 Å². The summed E-state index contributed by atoms with van der Waals surface area (Å²) in [5, 5.41) is 7.78. The Hall–Kier alpha value is -1.69. The molecule has 0 amide bonds. The second-order valence-electron chi connectivity index (χ2n) is 4.54. The Kier molecular flexibility index (Phi) is 2.44. The largest absolute Gasteiger partial charge is 0.364 e. The molecule has 0 saturated heterocycles. The molecular formula is C11H14N4O2. The lowest BCUT2D eigenvalue weighted by atomic mass is 9.99. The molecule has 2 aromatic rings. The predicted octanol–water partition coefficient (Wildman–Crippen LogP) is 1.38. The van der Waals surface area contributed by atoms with E-state index in [9.17, 15) is 0 Å². The second kappa shape index (κ2) is 3.96. The fourth-order valence-electron chi connectivity index (χ4n) is 2.24. The quantitative estimate of drug-likeness (QED) is 0.862. The minimum Gasteiger partial charge on any atom is -0.364 e. The van der Waals surface area contributed by atoms with Crippen molar-refractivity contribution in [3.63, 3.8) is 0 Å². The maximum atomic E-state index is 6.25. The van der Waals surface area contributed by atoms with Crippen molar-refractivity contribution >= 4 is 0 Å². The van der Waals surface area contributed by atoms with Crippen LogP contribution >= 0.6 is 0 Å². The zero-order chi connectivity index (χ0) is 11.7. The monoisotopic (exact) mass is 234 g/mol. The molecule has 0 unspecified atom stereocenters. The van der Waals surface area contributed by atoms with Gasteiger partial charge in [0.1, 0.15) is 6.26 Å². The molecule has 2 aromatic heterocycles. The van der Waals surface area contributed by atoms with Crippen LogP contribution in [0.2, 0.25) is 0 Å². The minimum atomic E-state index is -0.397. The molecule has 0 atom stereocenters. The number of aromatic nitrogens is 3. The molecule has 0 radical (unpaired) electrons. The van der Waals surface area contributed by atoms with E-state index in [0.717, 1.165) is 31.4 Å². The highest BCUT2D eigenvalue weighted by Crippen LogP contribution is 2.34. The summed E-state index contributed by atoms with van der Waals surface area (Å²) in [7, 11) is 0. The van der Waals surface area contributed by atoms with E-state index in [1.165, 1.54) is 6.26 Å². The minimum absolute atomic E-state index is 0.397. The highest BCUT2D eigenvalue weighted by Gasteiger charge is 2.35. The van der Waals surface area contributed by atoms with E-state index in [4.69, 9.17) is 14.8 Å². The molecular weight excluding hydrogens is 220 g/mol. The van der Waals surface area contributed by atoms with Crippen LogP contribution in [0, 0.1) is 0 Å². The van der Waals surface area contributed by atoms with Gasteiger partial charge in [0.15, 0.2) is 5.82 Å². The van der Waals surface area contributed by atoms with Crippen LogP contribution in [0.4, 0.5) is 0 Å². The standard InChI is InChI=1S/C11H14N4O2/c12-11(4-1-2-5-11)10-13-9(17-15-10)7-8-3-6-16-14-8/h3,6H,1-2,4-5,7,12H2. The van der Waals surface area contributed by atoms with Crippen LogP contribution in [0.3, 0.4) is 0 Å². The number of hydrogen-bond acceptors (Lipinski definition) is 6. The van der Waals surface area contributed by atoms with Crippen molar-refractivity contribution in [3.8, 4) is 0 Å². The first kappa shape index (κ1) is 10.5. The van der Waals surface area contributed by atoms with E-state index in [1.54, 1.807) is 6.07 Å². The number of hydrogen-bond donors (Lipinski definition) is 1. The molecule has 90 valence electrons. The van der Waals surface area contributed by atoms with Gasteiger partial charge in [0.25, 0.3) is 0 Å². The highest BCUT2D eigenvalue weighted by molar-refractivity contribution is 5.09. The van der Waals surface area contributed by atoms with Gasteiger partial charge >= 0.3 is 0 Å². The topological polar surface area (TPSA) is 91.0 Å². The molecule has 0 spiro atoms. The normalized spacial score (nSPS) is 18.6. The maximum absolute atomic E-state index is 6.25. The van der Waals surface area contributed by atoms with Crippen molar-refractivity contribution < 1.29 is 9.05 Å². The molecule has 0 aromatic carbocycles. The fraction of sp³-hybridized carbons (Fsp3) is 0.545. The van der Waals surface area contributed by atoms with Gasteiger partial charge < -0.3 is 14.8 Å². The van der Waals surface area contributed by atoms with Gasteiger partial charge in [-0.05, 0) is 12.8 Å². The Morgan fingerprint density at radius 2 is 2.12 bits per heavy atom. The summed E-state index contributed by atoms with van der Waals surface area (Å²) >= 11 is 0. The zero-order valence-electron chi connectivity index (χ0n) is 9.43. The zero-order valence-corrected chi connectivity index (χ0v) is 9.43. The van der Waals surface area contributed by atoms with Crippen molar-refractivity contribution in [3.05, 3.63) is 29.7 Å². The summed E-state index contributed by atoms with van der Waals surface area (Å²) in [6, 6.07) is 1.78. The average Bonchev–Trinajstić information content (AvgIpc) is 3.00. The highest BCUT2D eigenvalue weighted by atomic mass is 16.5. The lowest BCUT2D eigenvalue weighted by Gasteiger charge is -2.17. The predicted molar refractivity (Wildman–Crippen MR) is 57.9 cm³/mol. The Labute approximate surface area is 98.2 Å². The lowest BCUT2D eigenvalue weighted by Crippen LogP contribution is -2.34. The molecule has 0 bridgehead atoms. The molecule has 2 heterocycles. The van der Waals surface area contributed by atoms with Crippen LogP contribution in [0.15, 0.2) is 21.4 Å². The van der Waals surface area contributed by atoms with E-state index in [-0.39, 0.29) is 0 Å². The second-order valence-corrected chi connectivity index (χ2v) is 4.54. The maximum Gasteiger partial charge on any atom is 0.232 e. The van der Waals surface area contributed by atoms with Crippen molar-refractivity contribution in [1.82, 2.24) is 15.3 Å². The van der Waals surface area contributed by atoms with Crippen LogP contribution in [0.1, 0.15) is 43.1 Å². The first-order chi connectivity index (χ1) is 8.26. The van der Waals surface area contributed by atoms with Crippen molar-refractivity contribution in [2.24, 2.45) is 5.73 Å². The van der Waals surface area contributed by atoms with E-state index >= 15 is 0 Å². The summed E-state index contributed by atoms with van der Waals surface area (Å²) in [5.41, 5.74) is 6.63. The first-order valence-corrected chi connectivity index (χ1v) is 5.77. The van der Waals surface area contributed by atoms with Gasteiger partial charge in [-0.15, -0.1) is 0 Å². The van der Waals surface area contributed by atoms with Gasteiger partial charge in [-0.3, -0.25) is 0 Å². The fourth-order valence-corrected chi connectivity index (χ4v) is 2.24. The smallest absolute Gasteiger partial charge is 0.232 e. The van der Waals surface area contributed by atoms with Crippen LogP contribution in [0.25, 0.3) is 0 Å². The molecule has 3 rings (SSSR count). The summed E-state index contributed by atoms with van der Waals surface area (Å²) in [6.45, 7) is 0. The SMILES string of the molecule is NC1(c2noc(Cc3ccon3)n2)CCCC1. The van der Waals surface area contributed by atoms with Crippen molar-refractivity contribution in [2.75, 3.05) is 0 Å². The average molecular weight is 234 g/mol. The molecule has 1 fully saturated rings. The molecule has 6 heteroatoms. The third-order valence-corrected chi connectivity index (χ3v) is 3.23. The first-order valence-electron chi connectivity index (χ1n) is 5.77. The Morgan fingerprint density at radius 1 is 1.29 bits per heavy atom. The number of rotatable bonds is 3.